The summed E-state index contributed by atoms with van der Waals surface area (Å²) in [4.78, 5) is 0. The highest BCUT2D eigenvalue weighted by atomic mass is 16.5. The van der Waals surface area contributed by atoms with Crippen LogP contribution in [-0.2, 0) is 9.47 Å². The van der Waals surface area contributed by atoms with Gasteiger partial charge in [-0.1, -0.05) is 13.0 Å². The number of aliphatic hydroxyl groups is 1. The molecule has 148 valence electrons. The van der Waals surface area contributed by atoms with Crippen LogP contribution in [0, 0.1) is 5.41 Å². The molecule has 3 nitrogen and oxygen atoms in total. The summed E-state index contributed by atoms with van der Waals surface area (Å²) in [5.41, 5.74) is 2.79. The topological polar surface area (TPSA) is 38.7 Å². The van der Waals surface area contributed by atoms with Gasteiger partial charge in [-0.2, -0.15) is 0 Å². The minimum Gasteiger partial charge on any atom is -0.494 e. The van der Waals surface area contributed by atoms with Crippen molar-refractivity contribution in [2.45, 2.75) is 116 Å². The van der Waals surface area contributed by atoms with Crippen LogP contribution in [0.1, 0.15) is 92.4 Å². The van der Waals surface area contributed by atoms with Crippen LogP contribution in [0.2, 0.25) is 0 Å². The summed E-state index contributed by atoms with van der Waals surface area (Å²) >= 11 is 0. The number of hydrogen-bond acceptors (Lipinski definition) is 3. The summed E-state index contributed by atoms with van der Waals surface area (Å²) in [7, 11) is 0. The van der Waals surface area contributed by atoms with Crippen molar-refractivity contribution in [3.8, 4) is 0 Å². The molecule has 3 aliphatic rings. The second-order valence-electron chi connectivity index (χ2n) is 9.53. The molecular formula is C23H38O3. The molecule has 1 N–H and O–H groups in total. The summed E-state index contributed by atoms with van der Waals surface area (Å²) in [5.74, 6) is 1.23. The number of allylic oxidation sites excluding steroid dienone is 2. The van der Waals surface area contributed by atoms with E-state index in [1.165, 1.54) is 16.9 Å². The molecule has 2 aliphatic carbocycles. The SMILES string of the molecule is CC[C@]12CCC3=C(CCC(CCCC(C)OC(C)(C)C)O3)C1=CCC2O. The highest BCUT2D eigenvalue weighted by Crippen LogP contribution is 2.55. The van der Waals surface area contributed by atoms with Crippen LogP contribution in [0.5, 0.6) is 0 Å². The Morgan fingerprint density at radius 1 is 1.35 bits per heavy atom. The molecular weight excluding hydrogens is 324 g/mol. The lowest BCUT2D eigenvalue weighted by atomic mass is 9.66. The van der Waals surface area contributed by atoms with Gasteiger partial charge < -0.3 is 14.6 Å². The number of aliphatic hydroxyl groups excluding tert-OH is 1. The van der Waals surface area contributed by atoms with E-state index in [1.54, 1.807) is 0 Å². The summed E-state index contributed by atoms with van der Waals surface area (Å²) in [6.07, 6.45) is 12.2. The van der Waals surface area contributed by atoms with E-state index in [4.69, 9.17) is 9.47 Å². The second-order valence-corrected chi connectivity index (χ2v) is 9.53. The van der Waals surface area contributed by atoms with Crippen LogP contribution in [0.4, 0.5) is 0 Å². The molecule has 0 saturated heterocycles. The van der Waals surface area contributed by atoms with Crippen LogP contribution in [0.15, 0.2) is 23.0 Å². The largest absolute Gasteiger partial charge is 0.494 e. The van der Waals surface area contributed by atoms with Gasteiger partial charge in [-0.05, 0) is 90.2 Å². The first kappa shape index (κ1) is 19.9. The summed E-state index contributed by atoms with van der Waals surface area (Å²) in [5, 5.41) is 10.5. The molecule has 4 atom stereocenters. The molecule has 0 bridgehead atoms. The Balaban J connectivity index is 1.54. The highest BCUT2D eigenvalue weighted by molar-refractivity contribution is 5.46. The maximum atomic E-state index is 10.5. The highest BCUT2D eigenvalue weighted by Gasteiger charge is 2.48. The summed E-state index contributed by atoms with van der Waals surface area (Å²) in [6, 6.07) is 0. The molecule has 0 radical (unpaired) electrons. The van der Waals surface area contributed by atoms with Crippen molar-refractivity contribution in [1.82, 2.24) is 0 Å². The van der Waals surface area contributed by atoms with Crippen LogP contribution >= 0.6 is 0 Å². The van der Waals surface area contributed by atoms with Gasteiger partial charge in [0, 0.05) is 11.8 Å². The van der Waals surface area contributed by atoms with E-state index >= 15 is 0 Å². The molecule has 3 heteroatoms. The maximum Gasteiger partial charge on any atom is 0.0999 e. The zero-order valence-corrected chi connectivity index (χ0v) is 17.4. The average molecular weight is 363 g/mol. The number of ether oxygens (including phenoxy) is 2. The minimum atomic E-state index is -0.196. The van der Waals surface area contributed by atoms with Gasteiger partial charge in [0.05, 0.1) is 29.7 Å². The fraction of sp³-hybridized carbons (Fsp3) is 0.826. The van der Waals surface area contributed by atoms with Crippen molar-refractivity contribution in [2.24, 2.45) is 5.41 Å². The van der Waals surface area contributed by atoms with Crippen LogP contribution < -0.4 is 0 Å². The Hall–Kier alpha value is -0.800. The van der Waals surface area contributed by atoms with Crippen molar-refractivity contribution in [2.75, 3.05) is 0 Å². The van der Waals surface area contributed by atoms with Crippen LogP contribution in [-0.4, -0.2) is 29.0 Å². The van der Waals surface area contributed by atoms with Crippen molar-refractivity contribution in [3.05, 3.63) is 23.0 Å². The van der Waals surface area contributed by atoms with Gasteiger partial charge in [-0.15, -0.1) is 0 Å². The van der Waals surface area contributed by atoms with E-state index in [0.717, 1.165) is 57.8 Å². The fourth-order valence-electron chi connectivity index (χ4n) is 5.27. The molecule has 0 saturated carbocycles. The summed E-state index contributed by atoms with van der Waals surface area (Å²) in [6.45, 7) is 10.8. The van der Waals surface area contributed by atoms with E-state index in [0.29, 0.717) is 12.2 Å². The van der Waals surface area contributed by atoms with Crippen molar-refractivity contribution in [1.29, 1.82) is 0 Å². The predicted molar refractivity (Wildman–Crippen MR) is 106 cm³/mol. The van der Waals surface area contributed by atoms with Gasteiger partial charge in [-0.3, -0.25) is 0 Å². The Morgan fingerprint density at radius 2 is 2.12 bits per heavy atom. The lowest BCUT2D eigenvalue weighted by Crippen LogP contribution is -2.37. The average Bonchev–Trinajstić information content (AvgIpc) is 2.90. The van der Waals surface area contributed by atoms with Gasteiger partial charge in [-0.25, -0.2) is 0 Å². The molecule has 1 heterocycles. The quantitative estimate of drug-likeness (QED) is 0.661. The van der Waals surface area contributed by atoms with Crippen LogP contribution in [0.3, 0.4) is 0 Å². The van der Waals surface area contributed by atoms with Gasteiger partial charge in [0.15, 0.2) is 0 Å². The van der Waals surface area contributed by atoms with E-state index in [9.17, 15) is 5.11 Å². The third kappa shape index (κ3) is 4.04. The molecule has 0 spiro atoms. The fourth-order valence-corrected chi connectivity index (χ4v) is 5.27. The molecule has 0 fully saturated rings. The van der Waals surface area contributed by atoms with Crippen molar-refractivity contribution >= 4 is 0 Å². The van der Waals surface area contributed by atoms with E-state index in [1.807, 2.05) is 0 Å². The van der Waals surface area contributed by atoms with Crippen LogP contribution in [0.25, 0.3) is 0 Å². The molecule has 0 amide bonds. The normalized spacial score (nSPS) is 32.6. The Kier molecular flexibility index (Phi) is 5.89. The molecule has 1 aliphatic heterocycles. The predicted octanol–water partition coefficient (Wildman–Crippen LogP) is 5.67. The zero-order valence-electron chi connectivity index (χ0n) is 17.4. The Morgan fingerprint density at radius 3 is 2.81 bits per heavy atom. The zero-order chi connectivity index (χ0) is 18.9. The van der Waals surface area contributed by atoms with Gasteiger partial charge in [0.1, 0.15) is 0 Å². The first-order valence-electron chi connectivity index (χ1n) is 10.7. The first-order valence-corrected chi connectivity index (χ1v) is 10.7. The van der Waals surface area contributed by atoms with Gasteiger partial charge in [0.2, 0.25) is 0 Å². The number of hydrogen-bond donors (Lipinski definition) is 1. The van der Waals surface area contributed by atoms with E-state index in [-0.39, 0.29) is 17.1 Å². The van der Waals surface area contributed by atoms with Gasteiger partial charge >= 0.3 is 0 Å². The van der Waals surface area contributed by atoms with E-state index in [2.05, 4.69) is 40.7 Å². The van der Waals surface area contributed by atoms with E-state index < -0.39 is 0 Å². The minimum absolute atomic E-state index is 0.00869. The molecule has 3 unspecified atom stereocenters. The lowest BCUT2D eigenvalue weighted by molar-refractivity contribution is -0.0562. The monoisotopic (exact) mass is 362 g/mol. The standard InChI is InChI=1S/C23H38O3/c1-6-23-15-14-20-18(19(23)12-13-21(23)24)11-10-17(25-20)9-7-8-16(2)26-22(3,4)5/h12,16-17,21,24H,6-11,13-15H2,1-5H3/t16?,17?,21?,23-/m0/s1. The van der Waals surface area contributed by atoms with Crippen molar-refractivity contribution in [3.63, 3.8) is 0 Å². The third-order valence-electron chi connectivity index (χ3n) is 6.53. The Bertz CT molecular complexity index is 568. The molecule has 26 heavy (non-hydrogen) atoms. The third-order valence-corrected chi connectivity index (χ3v) is 6.53. The second kappa shape index (κ2) is 7.67. The number of rotatable bonds is 6. The molecule has 0 aromatic rings. The number of fused-ring (bicyclic) bond motifs is 2. The molecule has 3 rings (SSSR count). The molecule has 0 aromatic carbocycles. The smallest absolute Gasteiger partial charge is 0.0999 e. The summed E-state index contributed by atoms with van der Waals surface area (Å²) < 4.78 is 12.4. The van der Waals surface area contributed by atoms with Crippen molar-refractivity contribution < 1.29 is 14.6 Å². The lowest BCUT2D eigenvalue weighted by Gasteiger charge is -2.43. The molecule has 0 aromatic heterocycles. The Labute approximate surface area is 159 Å². The maximum absolute atomic E-state index is 10.5. The van der Waals surface area contributed by atoms with Gasteiger partial charge in [0.25, 0.3) is 0 Å². The first-order chi connectivity index (χ1) is 12.2.